The van der Waals surface area contributed by atoms with Crippen molar-refractivity contribution in [3.8, 4) is 0 Å². The summed E-state index contributed by atoms with van der Waals surface area (Å²) in [5.74, 6) is 0.279. The molecule has 0 atom stereocenters. The molecule has 0 N–H and O–H groups in total. The summed E-state index contributed by atoms with van der Waals surface area (Å²) in [6, 6.07) is 3.51. The summed E-state index contributed by atoms with van der Waals surface area (Å²) in [7, 11) is 4.07. The summed E-state index contributed by atoms with van der Waals surface area (Å²) >= 11 is 6.04. The number of carbonyl (C=O) groups is 1. The van der Waals surface area contributed by atoms with Crippen LogP contribution in [0.5, 0.6) is 0 Å². The van der Waals surface area contributed by atoms with Crippen molar-refractivity contribution in [3.05, 3.63) is 28.5 Å². The quantitative estimate of drug-likeness (QED) is 0.725. The molecule has 21 heavy (non-hydrogen) atoms. The fraction of sp³-hybridized carbons (Fsp3) is 0.625. The van der Waals surface area contributed by atoms with E-state index in [4.69, 9.17) is 11.6 Å². The normalized spacial score (nSPS) is 11.2. The number of aromatic nitrogens is 1. The molecule has 0 radical (unpaired) electrons. The van der Waals surface area contributed by atoms with Crippen LogP contribution in [0.15, 0.2) is 12.1 Å². The largest absolute Gasteiger partial charge is 0.339 e. The maximum absolute atomic E-state index is 12.6. The number of carbonyl (C=O) groups excluding carboxylic acids is 1. The van der Waals surface area contributed by atoms with E-state index < -0.39 is 0 Å². The molecule has 118 valence electrons. The Bertz CT molecular complexity index is 475. The van der Waals surface area contributed by atoms with Crippen LogP contribution in [0.2, 0.25) is 5.15 Å². The van der Waals surface area contributed by atoms with Crippen molar-refractivity contribution in [2.24, 2.45) is 0 Å². The second kappa shape index (κ2) is 8.35. The Morgan fingerprint density at radius 3 is 2.48 bits per heavy atom. The van der Waals surface area contributed by atoms with Gasteiger partial charge in [-0.05, 0) is 52.0 Å². The lowest BCUT2D eigenvalue weighted by molar-refractivity contribution is 0.0759. The van der Waals surface area contributed by atoms with Gasteiger partial charge in [0.1, 0.15) is 5.15 Å². The van der Waals surface area contributed by atoms with Gasteiger partial charge in [-0.25, -0.2) is 4.98 Å². The highest BCUT2D eigenvalue weighted by Crippen LogP contribution is 2.19. The molecular formula is C16H26ClN3O. The fourth-order valence-corrected chi connectivity index (χ4v) is 2.32. The molecule has 1 heterocycles. The topological polar surface area (TPSA) is 36.4 Å². The highest BCUT2D eigenvalue weighted by molar-refractivity contribution is 6.29. The Hall–Kier alpha value is -1.13. The van der Waals surface area contributed by atoms with E-state index in [0.717, 1.165) is 25.2 Å². The van der Waals surface area contributed by atoms with Crippen LogP contribution < -0.4 is 0 Å². The van der Waals surface area contributed by atoms with Crippen LogP contribution in [-0.4, -0.2) is 54.4 Å². The minimum absolute atomic E-state index is 0.0301. The first kappa shape index (κ1) is 17.9. The lowest BCUT2D eigenvalue weighted by Crippen LogP contribution is -2.33. The second-order valence-electron chi connectivity index (χ2n) is 5.80. The van der Waals surface area contributed by atoms with Crippen molar-refractivity contribution < 1.29 is 4.79 Å². The first-order valence-electron chi connectivity index (χ1n) is 7.46. The number of rotatable bonds is 7. The maximum atomic E-state index is 12.6. The van der Waals surface area contributed by atoms with E-state index in [1.54, 1.807) is 6.07 Å². The van der Waals surface area contributed by atoms with Gasteiger partial charge in [0.05, 0.1) is 0 Å². The summed E-state index contributed by atoms with van der Waals surface area (Å²) in [6.07, 6.45) is 0.961. The first-order valence-corrected chi connectivity index (χ1v) is 7.84. The van der Waals surface area contributed by atoms with Crippen LogP contribution in [0.4, 0.5) is 0 Å². The summed E-state index contributed by atoms with van der Waals surface area (Å²) < 4.78 is 0. The van der Waals surface area contributed by atoms with Crippen molar-refractivity contribution in [2.75, 3.05) is 33.7 Å². The third-order valence-electron chi connectivity index (χ3n) is 3.35. The van der Waals surface area contributed by atoms with Crippen molar-refractivity contribution in [3.63, 3.8) is 0 Å². The predicted octanol–water partition coefficient (Wildman–Crippen LogP) is 3.27. The SMILES string of the molecule is CCN(CCCN(C)C)C(=O)c1cc(Cl)nc(C(C)C)c1. The average Bonchev–Trinajstić information content (AvgIpc) is 2.42. The average molecular weight is 312 g/mol. The predicted molar refractivity (Wildman–Crippen MR) is 88.1 cm³/mol. The minimum atomic E-state index is 0.0301. The van der Waals surface area contributed by atoms with E-state index in [2.05, 4.69) is 9.88 Å². The molecule has 0 bridgehead atoms. The highest BCUT2D eigenvalue weighted by atomic mass is 35.5. The standard InChI is InChI=1S/C16H26ClN3O/c1-6-20(9-7-8-19(4)5)16(21)13-10-14(12(2)3)18-15(17)11-13/h10-12H,6-9H2,1-5H3. The molecule has 1 aromatic rings. The summed E-state index contributed by atoms with van der Waals surface area (Å²) in [5.41, 5.74) is 1.49. The number of amides is 1. The zero-order valence-electron chi connectivity index (χ0n) is 13.7. The van der Waals surface area contributed by atoms with Gasteiger partial charge in [0.25, 0.3) is 5.91 Å². The van der Waals surface area contributed by atoms with Gasteiger partial charge in [-0.15, -0.1) is 0 Å². The molecule has 1 amide bonds. The number of halogens is 1. The summed E-state index contributed by atoms with van der Waals surface area (Å²) in [4.78, 5) is 20.9. The van der Waals surface area contributed by atoms with E-state index in [-0.39, 0.29) is 11.8 Å². The van der Waals surface area contributed by atoms with Crippen molar-refractivity contribution in [1.82, 2.24) is 14.8 Å². The maximum Gasteiger partial charge on any atom is 0.254 e. The second-order valence-corrected chi connectivity index (χ2v) is 6.19. The molecular weight excluding hydrogens is 286 g/mol. The summed E-state index contributed by atoms with van der Waals surface area (Å²) in [5, 5.41) is 0.383. The molecule has 1 aromatic heterocycles. The van der Waals surface area contributed by atoms with Crippen molar-refractivity contribution in [2.45, 2.75) is 33.1 Å². The Labute approximate surface area is 133 Å². The van der Waals surface area contributed by atoms with Crippen LogP contribution >= 0.6 is 11.6 Å². The Balaban J connectivity index is 2.84. The first-order chi connectivity index (χ1) is 9.85. The van der Waals surface area contributed by atoms with Gasteiger partial charge in [0, 0.05) is 24.3 Å². The molecule has 0 saturated carbocycles. The third-order valence-corrected chi connectivity index (χ3v) is 3.55. The molecule has 0 aliphatic heterocycles. The van der Waals surface area contributed by atoms with Crippen LogP contribution in [-0.2, 0) is 0 Å². The zero-order chi connectivity index (χ0) is 16.0. The van der Waals surface area contributed by atoms with Crippen molar-refractivity contribution >= 4 is 17.5 Å². The molecule has 1 rings (SSSR count). The molecule has 4 nitrogen and oxygen atoms in total. The molecule has 0 aromatic carbocycles. The lowest BCUT2D eigenvalue weighted by atomic mass is 10.1. The van der Waals surface area contributed by atoms with E-state index in [1.165, 1.54) is 0 Å². The van der Waals surface area contributed by atoms with Gasteiger partial charge < -0.3 is 9.80 Å². The van der Waals surface area contributed by atoms with E-state index in [1.807, 2.05) is 45.8 Å². The Morgan fingerprint density at radius 2 is 1.95 bits per heavy atom. The zero-order valence-corrected chi connectivity index (χ0v) is 14.4. The van der Waals surface area contributed by atoms with Gasteiger partial charge in [-0.1, -0.05) is 25.4 Å². The van der Waals surface area contributed by atoms with E-state index in [9.17, 15) is 4.79 Å². The molecule has 0 unspecified atom stereocenters. The highest BCUT2D eigenvalue weighted by Gasteiger charge is 2.16. The third kappa shape index (κ3) is 5.64. The Kier molecular flexibility index (Phi) is 7.12. The molecule has 0 saturated heterocycles. The van der Waals surface area contributed by atoms with Crippen LogP contribution in [0.3, 0.4) is 0 Å². The van der Waals surface area contributed by atoms with Crippen LogP contribution in [0.1, 0.15) is 49.2 Å². The van der Waals surface area contributed by atoms with Crippen LogP contribution in [0.25, 0.3) is 0 Å². The minimum Gasteiger partial charge on any atom is -0.339 e. The van der Waals surface area contributed by atoms with Gasteiger partial charge in [0.2, 0.25) is 0 Å². The lowest BCUT2D eigenvalue weighted by Gasteiger charge is -2.22. The molecule has 0 fully saturated rings. The fourth-order valence-electron chi connectivity index (χ4n) is 2.10. The van der Waals surface area contributed by atoms with Crippen molar-refractivity contribution in [1.29, 1.82) is 0 Å². The van der Waals surface area contributed by atoms with Gasteiger partial charge in [-0.3, -0.25) is 4.79 Å². The molecule has 0 aliphatic carbocycles. The van der Waals surface area contributed by atoms with Gasteiger partial charge >= 0.3 is 0 Å². The number of hydrogen-bond acceptors (Lipinski definition) is 3. The molecule has 0 aliphatic rings. The number of hydrogen-bond donors (Lipinski definition) is 0. The monoisotopic (exact) mass is 311 g/mol. The van der Waals surface area contributed by atoms with E-state index in [0.29, 0.717) is 17.3 Å². The Morgan fingerprint density at radius 1 is 1.29 bits per heavy atom. The number of pyridine rings is 1. The van der Waals surface area contributed by atoms with Gasteiger partial charge in [0.15, 0.2) is 0 Å². The smallest absolute Gasteiger partial charge is 0.254 e. The summed E-state index contributed by atoms with van der Waals surface area (Å²) in [6.45, 7) is 8.51. The van der Waals surface area contributed by atoms with Gasteiger partial charge in [-0.2, -0.15) is 0 Å². The number of nitrogens with zero attached hydrogens (tertiary/aromatic N) is 3. The van der Waals surface area contributed by atoms with E-state index >= 15 is 0 Å². The molecule has 5 heteroatoms. The van der Waals surface area contributed by atoms with Crippen LogP contribution in [0, 0.1) is 0 Å². The molecule has 0 spiro atoms.